The lowest BCUT2D eigenvalue weighted by Crippen LogP contribution is -2.16. The number of nitrogens with one attached hydrogen (secondary N) is 1. The molecule has 0 spiro atoms. The highest BCUT2D eigenvalue weighted by Gasteiger charge is 2.42. The SMILES string of the molecule is FC(c1cnc[nH]1)C(F)(F)F. The van der Waals surface area contributed by atoms with Crippen LogP contribution in [0.5, 0.6) is 0 Å². The van der Waals surface area contributed by atoms with Crippen LogP contribution < -0.4 is 0 Å². The van der Waals surface area contributed by atoms with Crippen molar-refractivity contribution < 1.29 is 17.6 Å². The van der Waals surface area contributed by atoms with Crippen molar-refractivity contribution in [1.82, 2.24) is 9.97 Å². The van der Waals surface area contributed by atoms with Crippen molar-refractivity contribution in [2.75, 3.05) is 0 Å². The van der Waals surface area contributed by atoms with Crippen LogP contribution in [0.15, 0.2) is 12.5 Å². The Morgan fingerprint density at radius 1 is 1.45 bits per heavy atom. The van der Waals surface area contributed by atoms with Gasteiger partial charge in [0.15, 0.2) is 0 Å². The van der Waals surface area contributed by atoms with E-state index in [-0.39, 0.29) is 0 Å². The van der Waals surface area contributed by atoms with E-state index < -0.39 is 18.0 Å². The monoisotopic (exact) mass is 168 g/mol. The summed E-state index contributed by atoms with van der Waals surface area (Å²) in [6.07, 6.45) is -6.02. The molecule has 0 amide bonds. The van der Waals surface area contributed by atoms with Crippen molar-refractivity contribution in [2.45, 2.75) is 12.3 Å². The molecule has 0 radical (unpaired) electrons. The Morgan fingerprint density at radius 2 is 2.09 bits per heavy atom. The molecule has 11 heavy (non-hydrogen) atoms. The molecule has 0 bridgehead atoms. The van der Waals surface area contributed by atoms with E-state index in [0.29, 0.717) is 0 Å². The van der Waals surface area contributed by atoms with E-state index in [0.717, 1.165) is 12.5 Å². The van der Waals surface area contributed by atoms with Crippen LogP contribution in [0.4, 0.5) is 17.6 Å². The quantitative estimate of drug-likeness (QED) is 0.638. The summed E-state index contributed by atoms with van der Waals surface area (Å²) in [5.41, 5.74) is -0.572. The van der Waals surface area contributed by atoms with Gasteiger partial charge in [0, 0.05) is 0 Å². The third kappa shape index (κ3) is 1.69. The Labute approximate surface area is 59.3 Å². The molecule has 1 atom stereocenters. The molecule has 0 aliphatic rings. The lowest BCUT2D eigenvalue weighted by molar-refractivity contribution is -0.183. The normalized spacial score (nSPS) is 14.9. The van der Waals surface area contributed by atoms with Gasteiger partial charge in [0.2, 0.25) is 6.17 Å². The first-order valence-corrected chi connectivity index (χ1v) is 2.71. The van der Waals surface area contributed by atoms with Crippen molar-refractivity contribution in [2.24, 2.45) is 0 Å². The molecule has 0 aliphatic carbocycles. The maximum Gasteiger partial charge on any atom is 0.425 e. The van der Waals surface area contributed by atoms with E-state index in [1.54, 1.807) is 0 Å². The largest absolute Gasteiger partial charge is 0.425 e. The van der Waals surface area contributed by atoms with Crippen molar-refractivity contribution in [3.05, 3.63) is 18.2 Å². The number of H-pyrrole nitrogens is 1. The standard InChI is InChI=1S/C5H4F4N2/c6-4(5(7,8)9)3-1-10-2-11-3/h1-2,4H,(H,10,11). The molecule has 1 N–H and O–H groups in total. The summed E-state index contributed by atoms with van der Waals surface area (Å²) < 4.78 is 47.0. The fourth-order valence-corrected chi connectivity index (χ4v) is 0.582. The molecule has 0 fully saturated rings. The maximum atomic E-state index is 12.3. The van der Waals surface area contributed by atoms with Crippen LogP contribution in [-0.2, 0) is 0 Å². The topological polar surface area (TPSA) is 28.7 Å². The van der Waals surface area contributed by atoms with Crippen LogP contribution >= 0.6 is 0 Å². The van der Waals surface area contributed by atoms with Crippen LogP contribution in [0, 0.1) is 0 Å². The van der Waals surface area contributed by atoms with Gasteiger partial charge in [0.1, 0.15) is 0 Å². The van der Waals surface area contributed by atoms with Gasteiger partial charge in [0.25, 0.3) is 0 Å². The number of imidazole rings is 1. The summed E-state index contributed by atoms with van der Waals surface area (Å²) in [6, 6.07) is 0. The van der Waals surface area contributed by atoms with Crippen LogP contribution in [-0.4, -0.2) is 16.1 Å². The van der Waals surface area contributed by atoms with Crippen LogP contribution in [0.1, 0.15) is 11.9 Å². The van der Waals surface area contributed by atoms with Crippen molar-refractivity contribution in [3.8, 4) is 0 Å². The van der Waals surface area contributed by atoms with Gasteiger partial charge in [-0.05, 0) is 0 Å². The highest BCUT2D eigenvalue weighted by molar-refractivity contribution is 5.01. The molecule has 62 valence electrons. The van der Waals surface area contributed by atoms with E-state index in [4.69, 9.17) is 0 Å². The number of hydrogen-bond donors (Lipinski definition) is 1. The zero-order valence-corrected chi connectivity index (χ0v) is 5.19. The van der Waals surface area contributed by atoms with Crippen molar-refractivity contribution >= 4 is 0 Å². The van der Waals surface area contributed by atoms with E-state index in [9.17, 15) is 17.6 Å². The third-order valence-electron chi connectivity index (χ3n) is 1.08. The number of aromatic nitrogens is 2. The molecule has 1 unspecified atom stereocenters. The molecular weight excluding hydrogens is 164 g/mol. The minimum Gasteiger partial charge on any atom is -0.346 e. The van der Waals surface area contributed by atoms with Crippen molar-refractivity contribution in [3.63, 3.8) is 0 Å². The van der Waals surface area contributed by atoms with Gasteiger partial charge in [0.05, 0.1) is 18.2 Å². The van der Waals surface area contributed by atoms with Crippen LogP contribution in [0.2, 0.25) is 0 Å². The molecule has 1 rings (SSSR count). The van der Waals surface area contributed by atoms with Gasteiger partial charge in [-0.25, -0.2) is 9.37 Å². The molecule has 1 heterocycles. The smallest absolute Gasteiger partial charge is 0.346 e. The Bertz CT molecular complexity index is 215. The van der Waals surface area contributed by atoms with Gasteiger partial charge in [-0.15, -0.1) is 0 Å². The average molecular weight is 168 g/mol. The molecule has 0 aliphatic heterocycles. The van der Waals surface area contributed by atoms with Gasteiger partial charge in [-0.1, -0.05) is 0 Å². The number of aromatic amines is 1. The summed E-state index contributed by atoms with van der Waals surface area (Å²) >= 11 is 0. The second-order valence-electron chi connectivity index (χ2n) is 1.91. The number of alkyl halides is 4. The molecule has 0 saturated heterocycles. The first-order chi connectivity index (χ1) is 5.02. The molecular formula is C5H4F4N2. The summed E-state index contributed by atoms with van der Waals surface area (Å²) in [7, 11) is 0. The van der Waals surface area contributed by atoms with Gasteiger partial charge >= 0.3 is 6.18 Å². The summed E-state index contributed by atoms with van der Waals surface area (Å²) in [5.74, 6) is 0. The Hall–Kier alpha value is -1.07. The van der Waals surface area contributed by atoms with Crippen LogP contribution in [0.25, 0.3) is 0 Å². The molecule has 2 nitrogen and oxygen atoms in total. The minimum atomic E-state index is -4.85. The van der Waals surface area contributed by atoms with E-state index in [1.807, 2.05) is 4.98 Å². The highest BCUT2D eigenvalue weighted by atomic mass is 19.4. The zero-order chi connectivity index (χ0) is 8.48. The molecule has 0 aromatic carbocycles. The van der Waals surface area contributed by atoms with Gasteiger partial charge < -0.3 is 4.98 Å². The lowest BCUT2D eigenvalue weighted by Gasteiger charge is -2.08. The summed E-state index contributed by atoms with van der Waals surface area (Å²) in [4.78, 5) is 5.30. The van der Waals surface area contributed by atoms with E-state index in [2.05, 4.69) is 4.98 Å². The Balaban J connectivity index is 2.78. The minimum absolute atomic E-state index is 0.572. The second kappa shape index (κ2) is 2.52. The second-order valence-corrected chi connectivity index (χ2v) is 1.91. The van der Waals surface area contributed by atoms with Crippen LogP contribution in [0.3, 0.4) is 0 Å². The first-order valence-electron chi connectivity index (χ1n) is 2.71. The molecule has 1 aromatic heterocycles. The van der Waals surface area contributed by atoms with Gasteiger partial charge in [-0.2, -0.15) is 13.2 Å². The molecule has 6 heteroatoms. The maximum absolute atomic E-state index is 12.3. The fourth-order valence-electron chi connectivity index (χ4n) is 0.582. The average Bonchev–Trinajstić information content (AvgIpc) is 2.34. The number of rotatable bonds is 1. The Kier molecular flexibility index (Phi) is 1.84. The zero-order valence-electron chi connectivity index (χ0n) is 5.19. The van der Waals surface area contributed by atoms with E-state index >= 15 is 0 Å². The number of halogens is 4. The summed E-state index contributed by atoms with van der Waals surface area (Å²) in [5, 5.41) is 0. The molecule has 0 saturated carbocycles. The van der Waals surface area contributed by atoms with Crippen molar-refractivity contribution in [1.29, 1.82) is 0 Å². The fraction of sp³-hybridized carbons (Fsp3) is 0.400. The third-order valence-corrected chi connectivity index (χ3v) is 1.08. The first kappa shape index (κ1) is 8.03. The molecule has 1 aromatic rings. The predicted octanol–water partition coefficient (Wildman–Crippen LogP) is 1.98. The lowest BCUT2D eigenvalue weighted by atomic mass is 10.3. The predicted molar refractivity (Wildman–Crippen MR) is 28.5 cm³/mol. The number of nitrogens with zero attached hydrogens (tertiary/aromatic N) is 1. The van der Waals surface area contributed by atoms with E-state index in [1.165, 1.54) is 0 Å². The Morgan fingerprint density at radius 3 is 2.45 bits per heavy atom. The van der Waals surface area contributed by atoms with Gasteiger partial charge in [-0.3, -0.25) is 0 Å². The summed E-state index contributed by atoms with van der Waals surface area (Å²) in [6.45, 7) is 0. The highest BCUT2D eigenvalue weighted by Crippen LogP contribution is 2.34. The number of hydrogen-bond acceptors (Lipinski definition) is 1.